The number of methoxy groups -OCH3 is 1. The maximum absolute atomic E-state index is 13.1. The average molecular weight is 756 g/mol. The normalized spacial score (nSPS) is 20.9. The van der Waals surface area contributed by atoms with Gasteiger partial charge < -0.3 is 43.2 Å². The highest BCUT2D eigenvalue weighted by atomic mass is 16.7. The fraction of sp³-hybridized carbons (Fsp3) is 0.409. The van der Waals surface area contributed by atoms with E-state index in [2.05, 4.69) is 5.32 Å². The van der Waals surface area contributed by atoms with Crippen molar-refractivity contribution in [3.05, 3.63) is 144 Å². The molecule has 0 spiro atoms. The summed E-state index contributed by atoms with van der Waals surface area (Å²) in [6.45, 7) is 8.01. The van der Waals surface area contributed by atoms with Gasteiger partial charge in [-0.1, -0.05) is 121 Å². The molecule has 0 saturated carbocycles. The van der Waals surface area contributed by atoms with Crippen LogP contribution in [0.2, 0.25) is 0 Å². The first kappa shape index (κ1) is 41.5. The van der Waals surface area contributed by atoms with Crippen molar-refractivity contribution in [3.63, 3.8) is 0 Å². The van der Waals surface area contributed by atoms with Crippen molar-refractivity contribution >= 4 is 12.1 Å². The minimum atomic E-state index is -1.25. The molecular formula is C44H53NO10. The minimum Gasteiger partial charge on any atom is -0.467 e. The van der Waals surface area contributed by atoms with E-state index in [9.17, 15) is 9.59 Å². The Morgan fingerprint density at radius 1 is 0.655 bits per heavy atom. The Labute approximate surface area is 324 Å². The van der Waals surface area contributed by atoms with Gasteiger partial charge in [-0.15, -0.1) is 0 Å². The number of ether oxygens (including phenoxy) is 8. The number of nitrogens with one attached hydrogen (secondary N) is 1. The van der Waals surface area contributed by atoms with E-state index in [1.807, 2.05) is 121 Å². The Bertz CT molecular complexity index is 1700. The summed E-state index contributed by atoms with van der Waals surface area (Å²) < 4.78 is 50.3. The average Bonchev–Trinajstić information content (AvgIpc) is 3.19. The molecule has 11 heteroatoms. The summed E-state index contributed by atoms with van der Waals surface area (Å²) in [6, 6.07) is 38.0. The molecular weight excluding hydrogens is 702 g/mol. The monoisotopic (exact) mass is 755 g/mol. The zero-order valence-corrected chi connectivity index (χ0v) is 32.2. The number of rotatable bonds is 18. The van der Waals surface area contributed by atoms with Gasteiger partial charge in [0.2, 0.25) is 0 Å². The van der Waals surface area contributed by atoms with Crippen LogP contribution in [0.15, 0.2) is 121 Å². The summed E-state index contributed by atoms with van der Waals surface area (Å²) in [5, 5.41) is 2.62. The van der Waals surface area contributed by atoms with Crippen molar-refractivity contribution in [2.45, 2.75) is 103 Å². The van der Waals surface area contributed by atoms with Crippen molar-refractivity contribution < 1.29 is 47.5 Å². The largest absolute Gasteiger partial charge is 0.467 e. The summed E-state index contributed by atoms with van der Waals surface area (Å²) in [5.74, 6) is -0.723. The lowest BCUT2D eigenvalue weighted by Crippen LogP contribution is -2.63. The van der Waals surface area contributed by atoms with Gasteiger partial charge in [0, 0.05) is 0 Å². The Morgan fingerprint density at radius 3 is 1.55 bits per heavy atom. The number of carbonyl (C=O) groups is 2. The number of hydrogen-bond donors (Lipinski definition) is 1. The SMILES string of the molecule is COC(=O)[C@@H](NC(=O)OC(C)(C)C)[C@@H](C)O[C@@H]1O[C@H](COCc2ccccc2)[C@@H](OCc2ccccc2)[C@H](OCc2ccccc2)[C@H]1OCc1ccccc1. The molecule has 0 radical (unpaired) electrons. The molecule has 55 heavy (non-hydrogen) atoms. The molecule has 11 nitrogen and oxygen atoms in total. The van der Waals surface area contributed by atoms with E-state index in [1.54, 1.807) is 27.7 Å². The van der Waals surface area contributed by atoms with Gasteiger partial charge in [0.15, 0.2) is 12.3 Å². The third-order valence-corrected chi connectivity index (χ3v) is 8.79. The number of esters is 1. The molecule has 4 aromatic carbocycles. The van der Waals surface area contributed by atoms with Crippen LogP contribution in [-0.2, 0) is 69.1 Å². The molecule has 1 N–H and O–H groups in total. The second kappa shape index (κ2) is 20.9. The zero-order chi connectivity index (χ0) is 39.0. The van der Waals surface area contributed by atoms with Crippen LogP contribution in [0.3, 0.4) is 0 Å². The van der Waals surface area contributed by atoms with Crippen molar-refractivity contribution in [3.8, 4) is 0 Å². The first-order chi connectivity index (χ1) is 26.6. The highest BCUT2D eigenvalue weighted by Crippen LogP contribution is 2.32. The van der Waals surface area contributed by atoms with Crippen LogP contribution in [0.25, 0.3) is 0 Å². The molecule has 1 fully saturated rings. The molecule has 4 aromatic rings. The van der Waals surface area contributed by atoms with E-state index in [0.717, 1.165) is 22.3 Å². The first-order valence-electron chi connectivity index (χ1n) is 18.6. The predicted octanol–water partition coefficient (Wildman–Crippen LogP) is 7.16. The van der Waals surface area contributed by atoms with Gasteiger partial charge in [-0.2, -0.15) is 0 Å². The van der Waals surface area contributed by atoms with Gasteiger partial charge in [-0.3, -0.25) is 0 Å². The summed E-state index contributed by atoms with van der Waals surface area (Å²) in [7, 11) is 1.24. The third kappa shape index (κ3) is 13.3. The molecule has 1 amide bonds. The molecule has 7 atom stereocenters. The van der Waals surface area contributed by atoms with E-state index in [-0.39, 0.29) is 26.4 Å². The van der Waals surface area contributed by atoms with E-state index in [0.29, 0.717) is 6.61 Å². The van der Waals surface area contributed by atoms with Crippen molar-refractivity contribution in [1.82, 2.24) is 5.32 Å². The second-order valence-electron chi connectivity index (χ2n) is 14.3. The van der Waals surface area contributed by atoms with E-state index in [1.165, 1.54) is 7.11 Å². The molecule has 1 aliphatic heterocycles. The fourth-order valence-corrected chi connectivity index (χ4v) is 6.08. The quantitative estimate of drug-likeness (QED) is 0.105. The molecule has 1 saturated heterocycles. The molecule has 1 aliphatic rings. The van der Waals surface area contributed by atoms with Crippen molar-refractivity contribution in [1.29, 1.82) is 0 Å². The fourth-order valence-electron chi connectivity index (χ4n) is 6.08. The van der Waals surface area contributed by atoms with Crippen LogP contribution >= 0.6 is 0 Å². The van der Waals surface area contributed by atoms with Crippen LogP contribution < -0.4 is 5.32 Å². The van der Waals surface area contributed by atoms with E-state index < -0.39 is 60.5 Å². The van der Waals surface area contributed by atoms with Crippen molar-refractivity contribution in [2.75, 3.05) is 13.7 Å². The van der Waals surface area contributed by atoms with Crippen LogP contribution in [-0.4, -0.2) is 74.2 Å². The molecule has 5 rings (SSSR count). The van der Waals surface area contributed by atoms with Crippen LogP contribution in [0.4, 0.5) is 4.79 Å². The molecule has 0 aromatic heterocycles. The molecule has 0 unspecified atom stereocenters. The number of benzene rings is 4. The summed E-state index contributed by atoms with van der Waals surface area (Å²) in [6.07, 6.45) is -5.92. The van der Waals surface area contributed by atoms with Crippen LogP contribution in [0, 0.1) is 0 Å². The van der Waals surface area contributed by atoms with Gasteiger partial charge in [0.1, 0.15) is 30.0 Å². The lowest BCUT2D eigenvalue weighted by atomic mass is 9.97. The first-order valence-corrected chi connectivity index (χ1v) is 18.6. The summed E-state index contributed by atoms with van der Waals surface area (Å²) in [5.41, 5.74) is 3.04. The number of amides is 1. The summed E-state index contributed by atoms with van der Waals surface area (Å²) in [4.78, 5) is 26.0. The Kier molecular flexibility index (Phi) is 15.8. The molecule has 0 aliphatic carbocycles. The van der Waals surface area contributed by atoms with Gasteiger partial charge in [0.05, 0.1) is 46.2 Å². The molecule has 1 heterocycles. The number of alkyl carbamates (subject to hydrolysis) is 1. The predicted molar refractivity (Wildman–Crippen MR) is 206 cm³/mol. The zero-order valence-electron chi connectivity index (χ0n) is 32.2. The minimum absolute atomic E-state index is 0.121. The Hall–Kier alpha value is -4.62. The Balaban J connectivity index is 1.49. The third-order valence-electron chi connectivity index (χ3n) is 8.79. The Morgan fingerprint density at radius 2 is 1.09 bits per heavy atom. The van der Waals surface area contributed by atoms with Gasteiger partial charge in [0.25, 0.3) is 0 Å². The van der Waals surface area contributed by atoms with Crippen LogP contribution in [0.1, 0.15) is 49.9 Å². The number of hydrogen-bond acceptors (Lipinski definition) is 10. The summed E-state index contributed by atoms with van der Waals surface area (Å²) >= 11 is 0. The number of carbonyl (C=O) groups excluding carboxylic acids is 2. The van der Waals surface area contributed by atoms with E-state index >= 15 is 0 Å². The lowest BCUT2D eigenvalue weighted by Gasteiger charge is -2.46. The highest BCUT2D eigenvalue weighted by Gasteiger charge is 2.50. The molecule has 294 valence electrons. The van der Waals surface area contributed by atoms with E-state index in [4.69, 9.17) is 37.9 Å². The smallest absolute Gasteiger partial charge is 0.408 e. The topological polar surface area (TPSA) is 120 Å². The van der Waals surface area contributed by atoms with Crippen molar-refractivity contribution in [2.24, 2.45) is 0 Å². The van der Waals surface area contributed by atoms with Gasteiger partial charge in [-0.05, 0) is 49.9 Å². The maximum Gasteiger partial charge on any atom is 0.408 e. The maximum atomic E-state index is 13.1. The highest BCUT2D eigenvalue weighted by molar-refractivity contribution is 5.82. The standard InChI is InChI=1S/C44H53NO10/c1-31(37(41(46)48-5)45-43(47)55-44(2,3)4)53-42-40(52-29-35-24-16-9-17-25-35)39(51-28-34-22-14-8-15-23-34)38(50-27-33-20-12-7-13-21-33)36(54-42)30-49-26-32-18-10-6-11-19-32/h6-25,31,36-40,42H,26-30H2,1-5H3,(H,45,47)/t31-,36-,37+,38-,39+,40-,42-/m1/s1. The van der Waals surface area contributed by atoms with Gasteiger partial charge in [-0.25, -0.2) is 9.59 Å². The van der Waals surface area contributed by atoms with Gasteiger partial charge >= 0.3 is 12.1 Å². The molecule has 0 bridgehead atoms. The van der Waals surface area contributed by atoms with Crippen LogP contribution in [0.5, 0.6) is 0 Å². The second-order valence-corrected chi connectivity index (χ2v) is 14.3. The lowest BCUT2D eigenvalue weighted by molar-refractivity contribution is -0.336.